The van der Waals surface area contributed by atoms with E-state index in [1.807, 2.05) is 24.3 Å². The minimum atomic E-state index is -0.103. The van der Waals surface area contributed by atoms with Crippen molar-refractivity contribution < 1.29 is 4.79 Å². The van der Waals surface area contributed by atoms with Gasteiger partial charge >= 0.3 is 0 Å². The van der Waals surface area contributed by atoms with Gasteiger partial charge in [0, 0.05) is 17.4 Å². The molecule has 112 valence electrons. The highest BCUT2D eigenvalue weighted by Gasteiger charge is 2.25. The summed E-state index contributed by atoms with van der Waals surface area (Å²) in [6, 6.07) is 2.24. The first-order chi connectivity index (χ1) is 10.1. The van der Waals surface area contributed by atoms with E-state index in [0.29, 0.717) is 17.3 Å². The first kappa shape index (κ1) is 14.0. The van der Waals surface area contributed by atoms with E-state index < -0.39 is 0 Å². The van der Waals surface area contributed by atoms with Gasteiger partial charge < -0.3 is 5.32 Å². The molecule has 2 unspecified atom stereocenters. The number of aromatic nitrogens is 3. The number of rotatable bonds is 2. The molecule has 1 aliphatic rings. The molecule has 0 aliphatic heterocycles. The van der Waals surface area contributed by atoms with Crippen molar-refractivity contribution in [3.05, 3.63) is 29.5 Å². The minimum Gasteiger partial charge on any atom is -0.348 e. The average molecular weight is 286 g/mol. The molecular formula is C16H22N4O. The second kappa shape index (κ2) is 5.47. The van der Waals surface area contributed by atoms with E-state index in [2.05, 4.69) is 22.2 Å². The summed E-state index contributed by atoms with van der Waals surface area (Å²) in [5.41, 5.74) is 3.02. The van der Waals surface area contributed by atoms with Gasteiger partial charge in [0.15, 0.2) is 11.3 Å². The number of fused-ring (bicyclic) bond motifs is 1. The van der Waals surface area contributed by atoms with Gasteiger partial charge in [0.05, 0.1) is 0 Å². The van der Waals surface area contributed by atoms with E-state index >= 15 is 0 Å². The van der Waals surface area contributed by atoms with Gasteiger partial charge in [-0.25, -0.2) is 9.97 Å². The van der Waals surface area contributed by atoms with Crippen LogP contribution in [0, 0.1) is 19.8 Å². The first-order valence-electron chi connectivity index (χ1n) is 7.68. The van der Waals surface area contributed by atoms with Crippen molar-refractivity contribution in [2.75, 3.05) is 0 Å². The molecule has 3 rings (SSSR count). The number of imidazole rings is 1. The van der Waals surface area contributed by atoms with Crippen LogP contribution in [0.3, 0.4) is 0 Å². The van der Waals surface area contributed by atoms with Crippen LogP contribution in [0.2, 0.25) is 0 Å². The SMILES string of the molecule is Cc1cc(C)n2cnc(C(=O)NC3CCCCC3C)c2n1. The van der Waals surface area contributed by atoms with E-state index in [9.17, 15) is 4.79 Å². The van der Waals surface area contributed by atoms with Gasteiger partial charge in [0.25, 0.3) is 5.91 Å². The molecule has 2 aromatic heterocycles. The van der Waals surface area contributed by atoms with Crippen LogP contribution in [-0.2, 0) is 0 Å². The van der Waals surface area contributed by atoms with Crippen LogP contribution in [0.25, 0.3) is 5.65 Å². The number of carbonyl (C=O) groups excluding carboxylic acids is 1. The Bertz CT molecular complexity index is 676. The molecule has 2 aromatic rings. The maximum absolute atomic E-state index is 12.5. The number of hydrogen-bond acceptors (Lipinski definition) is 3. The van der Waals surface area contributed by atoms with Gasteiger partial charge in [-0.1, -0.05) is 19.8 Å². The predicted octanol–water partition coefficient (Wildman–Crippen LogP) is 2.65. The second-order valence-corrected chi connectivity index (χ2v) is 6.17. The lowest BCUT2D eigenvalue weighted by atomic mass is 9.86. The highest BCUT2D eigenvalue weighted by Crippen LogP contribution is 2.24. The van der Waals surface area contributed by atoms with Gasteiger partial charge in [-0.05, 0) is 38.7 Å². The zero-order chi connectivity index (χ0) is 15.0. The van der Waals surface area contributed by atoms with Crippen LogP contribution in [-0.4, -0.2) is 26.3 Å². The summed E-state index contributed by atoms with van der Waals surface area (Å²) < 4.78 is 1.87. The molecule has 1 fully saturated rings. The molecule has 0 spiro atoms. The summed E-state index contributed by atoms with van der Waals surface area (Å²) in [4.78, 5) is 21.3. The highest BCUT2D eigenvalue weighted by atomic mass is 16.2. The van der Waals surface area contributed by atoms with E-state index in [0.717, 1.165) is 17.8 Å². The van der Waals surface area contributed by atoms with Gasteiger partial charge in [-0.3, -0.25) is 9.20 Å². The topological polar surface area (TPSA) is 59.3 Å². The predicted molar refractivity (Wildman–Crippen MR) is 81.3 cm³/mol. The quantitative estimate of drug-likeness (QED) is 0.923. The Morgan fingerprint density at radius 2 is 2.10 bits per heavy atom. The molecule has 0 bridgehead atoms. The highest BCUT2D eigenvalue weighted by molar-refractivity contribution is 5.98. The average Bonchev–Trinajstić information content (AvgIpc) is 2.85. The molecule has 1 aliphatic carbocycles. The third-order valence-electron chi connectivity index (χ3n) is 4.47. The van der Waals surface area contributed by atoms with Crippen molar-refractivity contribution >= 4 is 11.6 Å². The molecule has 2 atom stereocenters. The lowest BCUT2D eigenvalue weighted by molar-refractivity contribution is 0.0907. The number of carbonyl (C=O) groups is 1. The maximum Gasteiger partial charge on any atom is 0.274 e. The summed E-state index contributed by atoms with van der Waals surface area (Å²) >= 11 is 0. The standard InChI is InChI=1S/C16H22N4O/c1-10-6-4-5-7-13(10)19-16(21)14-15-18-11(2)8-12(3)20(15)9-17-14/h8-10,13H,4-7H2,1-3H3,(H,19,21). The van der Waals surface area contributed by atoms with Gasteiger partial charge in [-0.15, -0.1) is 0 Å². The van der Waals surface area contributed by atoms with Gasteiger partial charge in [0.2, 0.25) is 0 Å². The zero-order valence-corrected chi connectivity index (χ0v) is 12.9. The Hall–Kier alpha value is -1.91. The zero-order valence-electron chi connectivity index (χ0n) is 12.9. The molecule has 0 saturated heterocycles. The van der Waals surface area contributed by atoms with Crippen LogP contribution in [0.4, 0.5) is 0 Å². The number of amides is 1. The van der Waals surface area contributed by atoms with Crippen molar-refractivity contribution in [2.45, 2.75) is 52.5 Å². The van der Waals surface area contributed by atoms with E-state index in [1.165, 1.54) is 19.3 Å². The molecule has 1 saturated carbocycles. The third kappa shape index (κ3) is 2.64. The van der Waals surface area contributed by atoms with Crippen LogP contribution in [0.5, 0.6) is 0 Å². The number of nitrogens with zero attached hydrogens (tertiary/aromatic N) is 3. The number of hydrogen-bond donors (Lipinski definition) is 1. The summed E-state index contributed by atoms with van der Waals surface area (Å²) in [6.07, 6.45) is 6.38. The smallest absolute Gasteiger partial charge is 0.274 e. The molecular weight excluding hydrogens is 264 g/mol. The summed E-state index contributed by atoms with van der Waals surface area (Å²) in [6.45, 7) is 6.14. The van der Waals surface area contributed by atoms with Crippen LogP contribution in [0.15, 0.2) is 12.4 Å². The normalized spacial score (nSPS) is 22.4. The van der Waals surface area contributed by atoms with Crippen molar-refractivity contribution in [3.8, 4) is 0 Å². The third-order valence-corrected chi connectivity index (χ3v) is 4.47. The Morgan fingerprint density at radius 3 is 2.86 bits per heavy atom. The monoisotopic (exact) mass is 286 g/mol. The molecule has 0 aromatic carbocycles. The van der Waals surface area contributed by atoms with Crippen LogP contribution >= 0.6 is 0 Å². The lowest BCUT2D eigenvalue weighted by Gasteiger charge is -2.29. The number of nitrogens with one attached hydrogen (secondary N) is 1. The van der Waals surface area contributed by atoms with Crippen molar-refractivity contribution in [1.82, 2.24) is 19.7 Å². The Labute approximate surface area is 124 Å². The summed E-state index contributed by atoms with van der Waals surface area (Å²) in [5.74, 6) is 0.432. The van der Waals surface area contributed by atoms with E-state index in [1.54, 1.807) is 6.33 Å². The van der Waals surface area contributed by atoms with Crippen molar-refractivity contribution in [3.63, 3.8) is 0 Å². The summed E-state index contributed by atoms with van der Waals surface area (Å²) in [5, 5.41) is 3.15. The van der Waals surface area contributed by atoms with Crippen molar-refractivity contribution in [1.29, 1.82) is 0 Å². The number of aryl methyl sites for hydroxylation is 2. The Kier molecular flexibility index (Phi) is 3.66. The molecule has 2 heterocycles. The largest absolute Gasteiger partial charge is 0.348 e. The van der Waals surface area contributed by atoms with Crippen LogP contribution < -0.4 is 5.32 Å². The fourth-order valence-corrected chi connectivity index (χ4v) is 3.21. The Morgan fingerprint density at radius 1 is 1.33 bits per heavy atom. The molecule has 5 nitrogen and oxygen atoms in total. The van der Waals surface area contributed by atoms with E-state index in [-0.39, 0.29) is 11.9 Å². The maximum atomic E-state index is 12.5. The molecule has 0 radical (unpaired) electrons. The molecule has 1 N–H and O–H groups in total. The molecule has 21 heavy (non-hydrogen) atoms. The fraction of sp³-hybridized carbons (Fsp3) is 0.562. The minimum absolute atomic E-state index is 0.103. The second-order valence-electron chi connectivity index (χ2n) is 6.17. The summed E-state index contributed by atoms with van der Waals surface area (Å²) in [7, 11) is 0. The van der Waals surface area contributed by atoms with Gasteiger partial charge in [0.1, 0.15) is 6.33 Å². The van der Waals surface area contributed by atoms with Crippen molar-refractivity contribution in [2.24, 2.45) is 5.92 Å². The fourth-order valence-electron chi connectivity index (χ4n) is 3.21. The molecule has 5 heteroatoms. The Balaban J connectivity index is 1.88. The van der Waals surface area contributed by atoms with Gasteiger partial charge in [-0.2, -0.15) is 0 Å². The molecule has 1 amide bonds. The van der Waals surface area contributed by atoms with E-state index in [4.69, 9.17) is 0 Å². The van der Waals surface area contributed by atoms with Crippen LogP contribution in [0.1, 0.15) is 54.5 Å². The lowest BCUT2D eigenvalue weighted by Crippen LogP contribution is -2.41. The first-order valence-corrected chi connectivity index (χ1v) is 7.68.